The van der Waals surface area contributed by atoms with Crippen LogP contribution in [-0.2, 0) is 33.7 Å². The summed E-state index contributed by atoms with van der Waals surface area (Å²) in [6.45, 7) is 5.43. The smallest absolute Gasteiger partial charge is 0.355 e. The van der Waals surface area contributed by atoms with Gasteiger partial charge in [-0.15, -0.1) is 11.3 Å². The first kappa shape index (κ1) is 23.2. The highest BCUT2D eigenvalue weighted by Gasteiger charge is 2.24. The number of rotatable bonds is 8. The van der Waals surface area contributed by atoms with E-state index in [0.717, 1.165) is 11.3 Å². The molecule has 0 saturated heterocycles. The standard InChI is InChI=1S/C23H25N3O5S/c1-5-16-20(22(28)30-4)14(3)21(26-16)23(29)31-11-15-12-32-19(24-15)10-18(27)25-17-9-7-6-8-13(17)2/h6-9,12,26H,5,10-11H2,1-4H3,(H,25,27). The zero-order valence-corrected chi connectivity index (χ0v) is 19.2. The molecule has 0 unspecified atom stereocenters. The van der Waals surface area contributed by atoms with Crippen molar-refractivity contribution >= 4 is 34.9 Å². The number of aromatic amines is 1. The van der Waals surface area contributed by atoms with Crippen molar-refractivity contribution in [2.45, 2.75) is 40.2 Å². The summed E-state index contributed by atoms with van der Waals surface area (Å²) in [4.78, 5) is 44.2. The Labute approximate surface area is 190 Å². The molecule has 0 bridgehead atoms. The van der Waals surface area contributed by atoms with Crippen LogP contribution in [0.4, 0.5) is 5.69 Å². The maximum absolute atomic E-state index is 12.6. The molecule has 9 heteroatoms. The van der Waals surface area contributed by atoms with E-state index in [1.54, 1.807) is 12.3 Å². The molecule has 2 aromatic heterocycles. The number of hydrogen-bond acceptors (Lipinski definition) is 7. The van der Waals surface area contributed by atoms with Crippen molar-refractivity contribution in [2.24, 2.45) is 0 Å². The minimum absolute atomic E-state index is 0.0395. The zero-order chi connectivity index (χ0) is 23.3. The fourth-order valence-electron chi connectivity index (χ4n) is 3.26. The van der Waals surface area contributed by atoms with Gasteiger partial charge >= 0.3 is 11.9 Å². The minimum atomic E-state index is -0.584. The molecule has 1 amide bonds. The van der Waals surface area contributed by atoms with E-state index in [2.05, 4.69) is 15.3 Å². The van der Waals surface area contributed by atoms with Gasteiger partial charge in [-0.3, -0.25) is 4.79 Å². The van der Waals surface area contributed by atoms with Crippen molar-refractivity contribution in [3.8, 4) is 0 Å². The monoisotopic (exact) mass is 455 g/mol. The topological polar surface area (TPSA) is 110 Å². The maximum Gasteiger partial charge on any atom is 0.355 e. The first-order valence-electron chi connectivity index (χ1n) is 10.1. The van der Waals surface area contributed by atoms with Crippen LogP contribution in [0.15, 0.2) is 29.6 Å². The van der Waals surface area contributed by atoms with E-state index in [-0.39, 0.29) is 24.6 Å². The van der Waals surface area contributed by atoms with Crippen LogP contribution in [0.3, 0.4) is 0 Å². The van der Waals surface area contributed by atoms with E-state index in [4.69, 9.17) is 9.47 Å². The van der Waals surface area contributed by atoms with Gasteiger partial charge in [0.1, 0.15) is 17.3 Å². The van der Waals surface area contributed by atoms with Gasteiger partial charge in [-0.1, -0.05) is 25.1 Å². The molecule has 8 nitrogen and oxygen atoms in total. The summed E-state index contributed by atoms with van der Waals surface area (Å²) < 4.78 is 10.2. The molecular formula is C23H25N3O5S. The van der Waals surface area contributed by atoms with E-state index < -0.39 is 11.9 Å². The number of aryl methyl sites for hydroxylation is 2. The predicted octanol–water partition coefficient (Wildman–Crippen LogP) is 3.98. The molecule has 0 fully saturated rings. The fourth-order valence-corrected chi connectivity index (χ4v) is 4.04. The minimum Gasteiger partial charge on any atom is -0.465 e. The molecule has 0 radical (unpaired) electrons. The van der Waals surface area contributed by atoms with Crippen LogP contribution >= 0.6 is 11.3 Å². The molecule has 0 spiro atoms. The number of esters is 2. The van der Waals surface area contributed by atoms with Crippen LogP contribution in [0.5, 0.6) is 0 Å². The van der Waals surface area contributed by atoms with E-state index in [1.807, 2.05) is 38.1 Å². The number of anilines is 1. The number of benzene rings is 1. The lowest BCUT2D eigenvalue weighted by Gasteiger charge is -2.06. The summed E-state index contributed by atoms with van der Waals surface area (Å²) in [5, 5.41) is 5.25. The van der Waals surface area contributed by atoms with Crippen LogP contribution in [0.2, 0.25) is 0 Å². The molecule has 32 heavy (non-hydrogen) atoms. The van der Waals surface area contributed by atoms with Crippen molar-refractivity contribution in [3.63, 3.8) is 0 Å². The number of nitrogens with one attached hydrogen (secondary N) is 2. The van der Waals surface area contributed by atoms with Crippen LogP contribution in [0, 0.1) is 13.8 Å². The number of thiazole rings is 1. The Hall–Kier alpha value is -3.46. The normalized spacial score (nSPS) is 10.6. The van der Waals surface area contributed by atoms with E-state index >= 15 is 0 Å². The van der Waals surface area contributed by atoms with E-state index in [9.17, 15) is 14.4 Å². The van der Waals surface area contributed by atoms with Crippen molar-refractivity contribution in [2.75, 3.05) is 12.4 Å². The fraction of sp³-hybridized carbons (Fsp3) is 0.304. The van der Waals surface area contributed by atoms with Crippen LogP contribution in [0.25, 0.3) is 0 Å². The number of aromatic nitrogens is 2. The van der Waals surface area contributed by atoms with Crippen LogP contribution in [0.1, 0.15) is 55.3 Å². The predicted molar refractivity (Wildman–Crippen MR) is 121 cm³/mol. The number of H-pyrrole nitrogens is 1. The molecule has 3 aromatic rings. The lowest BCUT2D eigenvalue weighted by molar-refractivity contribution is -0.115. The molecule has 0 aliphatic rings. The number of methoxy groups -OCH3 is 1. The second-order valence-electron chi connectivity index (χ2n) is 7.17. The maximum atomic E-state index is 12.6. The highest BCUT2D eigenvalue weighted by atomic mass is 32.1. The Balaban J connectivity index is 1.60. The van der Waals surface area contributed by atoms with Gasteiger partial charge in [0, 0.05) is 16.8 Å². The van der Waals surface area contributed by atoms with Gasteiger partial charge in [-0.2, -0.15) is 0 Å². The molecule has 3 rings (SSSR count). The average molecular weight is 456 g/mol. The van der Waals surface area contributed by atoms with Gasteiger partial charge in [0.25, 0.3) is 0 Å². The third kappa shape index (κ3) is 5.23. The Morgan fingerprint density at radius 3 is 2.59 bits per heavy atom. The number of carbonyl (C=O) groups is 3. The third-order valence-corrected chi connectivity index (χ3v) is 5.85. The van der Waals surface area contributed by atoms with Crippen molar-refractivity contribution in [1.82, 2.24) is 9.97 Å². The number of hydrogen-bond donors (Lipinski definition) is 2. The first-order valence-corrected chi connectivity index (χ1v) is 11.0. The van der Waals surface area contributed by atoms with Gasteiger partial charge < -0.3 is 19.8 Å². The van der Waals surface area contributed by atoms with Crippen LogP contribution < -0.4 is 5.32 Å². The zero-order valence-electron chi connectivity index (χ0n) is 18.4. The van der Waals surface area contributed by atoms with Gasteiger partial charge in [-0.05, 0) is 37.5 Å². The van der Waals surface area contributed by atoms with Crippen molar-refractivity contribution in [1.29, 1.82) is 0 Å². The first-order chi connectivity index (χ1) is 15.3. The Morgan fingerprint density at radius 2 is 1.91 bits per heavy atom. The highest BCUT2D eigenvalue weighted by Crippen LogP contribution is 2.22. The molecule has 0 aliphatic carbocycles. The Kier molecular flexibility index (Phi) is 7.42. The summed E-state index contributed by atoms with van der Waals surface area (Å²) in [6.07, 6.45) is 0.670. The SMILES string of the molecule is CCc1[nH]c(C(=O)OCc2csc(CC(=O)Nc3ccccc3C)n2)c(C)c1C(=O)OC. The Bertz CT molecular complexity index is 1150. The summed E-state index contributed by atoms with van der Waals surface area (Å²) in [7, 11) is 1.30. The largest absolute Gasteiger partial charge is 0.465 e. The van der Waals surface area contributed by atoms with Gasteiger partial charge in [-0.25, -0.2) is 14.6 Å². The molecule has 0 atom stereocenters. The van der Waals surface area contributed by atoms with E-state index in [0.29, 0.717) is 33.9 Å². The number of nitrogens with zero attached hydrogens (tertiary/aromatic N) is 1. The summed E-state index contributed by atoms with van der Waals surface area (Å²) in [5.74, 6) is -1.25. The Morgan fingerprint density at radius 1 is 1.16 bits per heavy atom. The second-order valence-corrected chi connectivity index (χ2v) is 8.11. The van der Waals surface area contributed by atoms with Crippen molar-refractivity contribution < 1.29 is 23.9 Å². The molecule has 2 heterocycles. The number of amides is 1. The number of para-hydroxylation sites is 1. The number of carbonyl (C=O) groups excluding carboxylic acids is 3. The van der Waals surface area contributed by atoms with Crippen LogP contribution in [-0.4, -0.2) is 34.9 Å². The lowest BCUT2D eigenvalue weighted by Crippen LogP contribution is -2.15. The number of ether oxygens (including phenoxy) is 2. The quantitative estimate of drug-likeness (QED) is 0.497. The van der Waals surface area contributed by atoms with Gasteiger partial charge in [0.15, 0.2) is 0 Å². The third-order valence-electron chi connectivity index (χ3n) is 4.96. The van der Waals surface area contributed by atoms with Gasteiger partial charge in [0.05, 0.1) is 24.8 Å². The molecule has 0 aliphatic heterocycles. The summed E-state index contributed by atoms with van der Waals surface area (Å²) in [6, 6.07) is 7.54. The molecule has 1 aromatic carbocycles. The molecular weight excluding hydrogens is 430 g/mol. The lowest BCUT2D eigenvalue weighted by atomic mass is 10.1. The summed E-state index contributed by atoms with van der Waals surface area (Å²) >= 11 is 1.33. The second kappa shape index (κ2) is 10.2. The average Bonchev–Trinajstić information content (AvgIpc) is 3.36. The van der Waals surface area contributed by atoms with E-state index in [1.165, 1.54) is 18.4 Å². The van der Waals surface area contributed by atoms with Gasteiger partial charge in [0.2, 0.25) is 5.91 Å². The highest BCUT2D eigenvalue weighted by molar-refractivity contribution is 7.09. The molecule has 168 valence electrons. The summed E-state index contributed by atoms with van der Waals surface area (Å²) in [5.41, 5.74) is 3.99. The molecule has 0 saturated carbocycles. The molecule has 2 N–H and O–H groups in total. The van der Waals surface area contributed by atoms with Crippen molar-refractivity contribution in [3.05, 3.63) is 68.4 Å².